The lowest BCUT2D eigenvalue weighted by Gasteiger charge is -2.26. The highest BCUT2D eigenvalue weighted by atomic mass is 15.1. The minimum atomic E-state index is 1.10. The van der Waals surface area contributed by atoms with Crippen LogP contribution in [0.1, 0.15) is 11.1 Å². The second kappa shape index (κ2) is 31.7. The highest BCUT2D eigenvalue weighted by Crippen LogP contribution is 2.42. The monoisotopic (exact) mass is 1400 g/mol. The Balaban J connectivity index is 0.000000164. The maximum Gasteiger partial charge on any atom is 0.0462 e. The molecule has 0 aliphatic heterocycles. The summed E-state index contributed by atoms with van der Waals surface area (Å²) >= 11 is 0. The Morgan fingerprint density at radius 3 is 0.500 bits per heavy atom. The average molecular weight is 1400 g/mol. The molecule has 0 unspecified atom stereocenters. The maximum absolute atomic E-state index is 3.88. The van der Waals surface area contributed by atoms with Crippen LogP contribution in [0.3, 0.4) is 0 Å². The fourth-order valence-corrected chi connectivity index (χ4v) is 14.8. The molecule has 0 heterocycles. The van der Waals surface area contributed by atoms with Crippen LogP contribution in [0, 0.1) is 0 Å². The van der Waals surface area contributed by atoms with Gasteiger partial charge in [0.05, 0.1) is 0 Å². The number of hydrogen-bond acceptors (Lipinski definition) is 2. The molecule has 0 aromatic heterocycles. The molecule has 0 aliphatic rings. The Kier molecular flexibility index (Phi) is 19.8. The summed E-state index contributed by atoms with van der Waals surface area (Å²) < 4.78 is 0. The number of nitrogens with zero attached hydrogens (tertiary/aromatic N) is 2. The standard InChI is InChI=1S/C60H43N.C48H35N/c1-2-43-12-14-46(15-13-43)47-16-20-50(21-17-47)53-32-38-59(39-33-53)61(58-36-30-52(31-37-58)44-8-4-3-5-9-44)60-40-34-54(35-41-60)51-22-18-48(19-23-51)49-24-26-55(27-25-49)57-29-28-45-10-6-7-11-56(45)42-57;1-2-35-12-14-38(15-13-35)39-16-18-40(19-17-39)42-24-30-47(31-25-42)49(46-28-22-41(23-29-46)36-8-4-3-5-9-36)48-32-26-43(27-33-48)45-21-20-37-10-6-7-11-44(37)34-45/h2-42H,1H2;2-34H,1H2. The van der Waals surface area contributed by atoms with Crippen molar-refractivity contribution in [3.8, 4) is 111 Å². The van der Waals surface area contributed by atoms with Crippen molar-refractivity contribution < 1.29 is 0 Å². The zero-order chi connectivity index (χ0) is 74.0. The molecule has 0 N–H and O–H groups in total. The second-order valence-electron chi connectivity index (χ2n) is 27.8. The molecule has 520 valence electrons. The minimum Gasteiger partial charge on any atom is -0.311 e. The quantitative estimate of drug-likeness (QED) is 0.0845. The van der Waals surface area contributed by atoms with Crippen molar-refractivity contribution >= 4 is 67.8 Å². The molecule has 2 heteroatoms. The fraction of sp³-hybridized carbons (Fsp3) is 0. The first-order valence-corrected chi connectivity index (χ1v) is 37.5. The van der Waals surface area contributed by atoms with Crippen LogP contribution in [0.15, 0.2) is 450 Å². The minimum absolute atomic E-state index is 1.10. The summed E-state index contributed by atoms with van der Waals surface area (Å²) in [5.74, 6) is 0. The predicted octanol–water partition coefficient (Wildman–Crippen LogP) is 30.6. The van der Waals surface area contributed by atoms with E-state index in [0.717, 1.165) is 45.3 Å². The summed E-state index contributed by atoms with van der Waals surface area (Å²) in [6, 6.07) is 157. The maximum atomic E-state index is 3.88. The summed E-state index contributed by atoms with van der Waals surface area (Å²) in [7, 11) is 0. The van der Waals surface area contributed by atoms with E-state index in [-0.39, 0.29) is 0 Å². The molecule has 0 atom stereocenters. The van der Waals surface area contributed by atoms with Crippen molar-refractivity contribution in [2.75, 3.05) is 9.80 Å². The first-order valence-electron chi connectivity index (χ1n) is 37.5. The summed E-state index contributed by atoms with van der Waals surface area (Å²) in [5, 5.41) is 5.03. The van der Waals surface area contributed by atoms with Gasteiger partial charge in [-0.2, -0.15) is 0 Å². The van der Waals surface area contributed by atoms with E-state index in [0.29, 0.717) is 0 Å². The highest BCUT2D eigenvalue weighted by Gasteiger charge is 2.18. The van der Waals surface area contributed by atoms with Gasteiger partial charge in [-0.25, -0.2) is 0 Å². The third-order valence-electron chi connectivity index (χ3n) is 21.0. The molecule has 0 saturated carbocycles. The van der Waals surface area contributed by atoms with Gasteiger partial charge in [0.15, 0.2) is 0 Å². The van der Waals surface area contributed by atoms with Gasteiger partial charge in [0.25, 0.3) is 0 Å². The molecule has 18 aromatic rings. The molecule has 18 aromatic carbocycles. The van der Waals surface area contributed by atoms with Gasteiger partial charge in [-0.3, -0.25) is 0 Å². The van der Waals surface area contributed by atoms with E-state index < -0.39 is 0 Å². The smallest absolute Gasteiger partial charge is 0.0462 e. The molecule has 18 rings (SSSR count). The first-order chi connectivity index (χ1) is 54.4. The van der Waals surface area contributed by atoms with E-state index in [1.807, 2.05) is 12.2 Å². The van der Waals surface area contributed by atoms with Crippen molar-refractivity contribution in [2.24, 2.45) is 0 Å². The highest BCUT2D eigenvalue weighted by molar-refractivity contribution is 5.91. The van der Waals surface area contributed by atoms with Gasteiger partial charge in [-0.1, -0.05) is 377 Å². The second-order valence-corrected chi connectivity index (χ2v) is 27.8. The molecule has 0 saturated heterocycles. The first kappa shape index (κ1) is 68.7. The summed E-state index contributed by atoms with van der Waals surface area (Å²) in [6.07, 6.45) is 3.75. The summed E-state index contributed by atoms with van der Waals surface area (Å²) in [5.41, 5.74) is 32.9. The molecule has 2 nitrogen and oxygen atoms in total. The molecular formula is C108H78N2. The molecule has 0 amide bonds. The number of fused-ring (bicyclic) bond motifs is 2. The van der Waals surface area contributed by atoms with Gasteiger partial charge in [0.2, 0.25) is 0 Å². The zero-order valence-corrected chi connectivity index (χ0v) is 61.0. The molecule has 110 heavy (non-hydrogen) atoms. The van der Waals surface area contributed by atoms with E-state index in [9.17, 15) is 0 Å². The van der Waals surface area contributed by atoms with Crippen molar-refractivity contribution in [1.29, 1.82) is 0 Å². The number of anilines is 6. The van der Waals surface area contributed by atoms with E-state index in [2.05, 4.69) is 460 Å². The van der Waals surface area contributed by atoms with E-state index in [1.54, 1.807) is 0 Å². The summed E-state index contributed by atoms with van der Waals surface area (Å²) in [6.45, 7) is 7.74. The molecule has 0 radical (unpaired) electrons. The third-order valence-corrected chi connectivity index (χ3v) is 21.0. The normalized spacial score (nSPS) is 11.0. The largest absolute Gasteiger partial charge is 0.311 e. The van der Waals surface area contributed by atoms with Gasteiger partial charge in [0.1, 0.15) is 0 Å². The van der Waals surface area contributed by atoms with Gasteiger partial charge >= 0.3 is 0 Å². The topological polar surface area (TPSA) is 6.48 Å². The van der Waals surface area contributed by atoms with E-state index in [1.165, 1.54) is 133 Å². The Labute approximate surface area is 645 Å². The zero-order valence-electron chi connectivity index (χ0n) is 61.0. The van der Waals surface area contributed by atoms with E-state index in [4.69, 9.17) is 0 Å². The van der Waals surface area contributed by atoms with Crippen LogP contribution >= 0.6 is 0 Å². The Morgan fingerprint density at radius 2 is 0.291 bits per heavy atom. The lowest BCUT2D eigenvalue weighted by molar-refractivity contribution is 1.28. The van der Waals surface area contributed by atoms with Crippen LogP contribution in [0.4, 0.5) is 34.1 Å². The van der Waals surface area contributed by atoms with Crippen molar-refractivity contribution in [2.45, 2.75) is 0 Å². The van der Waals surface area contributed by atoms with Crippen LogP contribution in [0.25, 0.3) is 145 Å². The van der Waals surface area contributed by atoms with Crippen LogP contribution in [0.5, 0.6) is 0 Å². The Morgan fingerprint density at radius 1 is 0.136 bits per heavy atom. The van der Waals surface area contributed by atoms with Crippen molar-refractivity contribution in [3.05, 3.63) is 461 Å². The lowest BCUT2D eigenvalue weighted by atomic mass is 9.97. The molecule has 0 bridgehead atoms. The third kappa shape index (κ3) is 15.2. The predicted molar refractivity (Wildman–Crippen MR) is 472 cm³/mol. The van der Waals surface area contributed by atoms with Gasteiger partial charge in [-0.15, -0.1) is 0 Å². The lowest BCUT2D eigenvalue weighted by Crippen LogP contribution is -2.09. The van der Waals surface area contributed by atoms with Crippen LogP contribution < -0.4 is 9.80 Å². The van der Waals surface area contributed by atoms with Crippen LogP contribution in [-0.4, -0.2) is 0 Å². The molecule has 0 aliphatic carbocycles. The van der Waals surface area contributed by atoms with Gasteiger partial charge < -0.3 is 9.80 Å². The van der Waals surface area contributed by atoms with Crippen LogP contribution in [-0.2, 0) is 0 Å². The molecular weight excluding hydrogens is 1330 g/mol. The van der Waals surface area contributed by atoms with Gasteiger partial charge in [-0.05, 0) is 229 Å². The van der Waals surface area contributed by atoms with Crippen LogP contribution in [0.2, 0.25) is 0 Å². The fourth-order valence-electron chi connectivity index (χ4n) is 14.8. The van der Waals surface area contributed by atoms with Crippen molar-refractivity contribution in [3.63, 3.8) is 0 Å². The Bertz CT molecular complexity index is 6160. The summed E-state index contributed by atoms with van der Waals surface area (Å²) in [4.78, 5) is 4.67. The van der Waals surface area contributed by atoms with Gasteiger partial charge in [0, 0.05) is 34.1 Å². The number of rotatable bonds is 18. The van der Waals surface area contributed by atoms with Crippen molar-refractivity contribution in [1.82, 2.24) is 0 Å². The number of hydrogen-bond donors (Lipinski definition) is 0. The van der Waals surface area contributed by atoms with E-state index >= 15 is 0 Å². The molecule has 0 spiro atoms. The molecule has 0 fully saturated rings. The average Bonchev–Trinajstić information content (AvgIpc) is 0.792. The Hall–Kier alpha value is -14.4. The number of benzene rings is 18. The SMILES string of the molecule is C=Cc1ccc(-c2ccc(-c3ccc(N(c4ccc(-c5ccccc5)cc4)c4ccc(-c5ccc(-c6ccc(-c7ccc8ccccc8c7)cc6)cc5)cc4)cc3)cc2)cc1.C=Cc1ccc(-c2ccc(-c3ccc(N(c4ccc(-c5ccccc5)cc4)c4ccc(-c5ccc6ccccc6c5)cc4)cc3)cc2)cc1.